The fourth-order valence-electron chi connectivity index (χ4n) is 5.33. The maximum atomic E-state index is 12.4. The van der Waals surface area contributed by atoms with Gasteiger partial charge >= 0.3 is 6.03 Å². The minimum atomic E-state index is -0.246. The molecule has 0 spiro atoms. The van der Waals surface area contributed by atoms with E-state index >= 15 is 0 Å². The van der Waals surface area contributed by atoms with E-state index in [-0.39, 0.29) is 6.03 Å². The molecule has 0 radical (unpaired) electrons. The molecule has 4 heterocycles. The third kappa shape index (κ3) is 5.21. The molecule has 2 aromatic carbocycles. The van der Waals surface area contributed by atoms with Crippen molar-refractivity contribution in [3.63, 3.8) is 0 Å². The molecule has 35 heavy (non-hydrogen) atoms. The van der Waals surface area contributed by atoms with E-state index in [0.717, 1.165) is 53.2 Å². The van der Waals surface area contributed by atoms with E-state index in [1.54, 1.807) is 24.3 Å². The number of carbonyl (C=O) groups excluding carboxylic acids is 1. The predicted molar refractivity (Wildman–Crippen MR) is 139 cm³/mol. The van der Waals surface area contributed by atoms with Crippen molar-refractivity contribution >= 4 is 27.6 Å². The van der Waals surface area contributed by atoms with Gasteiger partial charge in [0.2, 0.25) is 0 Å². The lowest BCUT2D eigenvalue weighted by molar-refractivity contribution is 0.0307. The number of fused-ring (bicyclic) bond motifs is 3. The number of urea groups is 1. The van der Waals surface area contributed by atoms with Crippen molar-refractivity contribution in [1.29, 1.82) is 5.26 Å². The minimum absolute atomic E-state index is 0.246. The van der Waals surface area contributed by atoms with Crippen LogP contribution in [0.2, 0.25) is 0 Å². The molecule has 4 unspecified atom stereocenters. The van der Waals surface area contributed by atoms with Crippen molar-refractivity contribution in [2.24, 2.45) is 5.92 Å². The topological polar surface area (TPSA) is 93.9 Å². The van der Waals surface area contributed by atoms with Crippen LogP contribution in [0, 0.1) is 24.2 Å². The number of amides is 2. The standard InChI is InChI=1S/C27H27BrN6O/c1-17-31-25(22-7-2-3-8-24(22)28)13-26(32-17)23-16-34-10-9-19(23)12-21(34)15-30-27(35)33-20-6-4-5-18(11-20)14-29/h2-8,11,13,19,21,23H,9-10,12,15-16H2,1H3,(H2,30,33,35). The molecule has 3 aromatic rings. The zero-order valence-corrected chi connectivity index (χ0v) is 21.1. The number of rotatable bonds is 5. The third-order valence-corrected chi connectivity index (χ3v) is 7.71. The largest absolute Gasteiger partial charge is 0.336 e. The van der Waals surface area contributed by atoms with Crippen molar-refractivity contribution < 1.29 is 4.79 Å². The van der Waals surface area contributed by atoms with Crippen molar-refractivity contribution in [2.45, 2.75) is 31.7 Å². The highest BCUT2D eigenvalue weighted by Crippen LogP contribution is 2.42. The number of benzene rings is 2. The highest BCUT2D eigenvalue weighted by Gasteiger charge is 2.41. The Hall–Kier alpha value is -3.28. The first kappa shape index (κ1) is 23.5. The van der Waals surface area contributed by atoms with Gasteiger partial charge in [0, 0.05) is 46.5 Å². The normalized spacial score (nSPS) is 22.9. The van der Waals surface area contributed by atoms with Gasteiger partial charge in [-0.25, -0.2) is 14.8 Å². The summed E-state index contributed by atoms with van der Waals surface area (Å²) in [6, 6.07) is 19.4. The number of anilines is 1. The van der Waals surface area contributed by atoms with Crippen LogP contribution < -0.4 is 10.6 Å². The summed E-state index contributed by atoms with van der Waals surface area (Å²) >= 11 is 3.65. The maximum absolute atomic E-state index is 12.4. The number of halogens is 1. The van der Waals surface area contributed by atoms with Gasteiger partial charge in [-0.15, -0.1) is 0 Å². The molecular weight excluding hydrogens is 504 g/mol. The van der Waals surface area contributed by atoms with Crippen LogP contribution in [0.1, 0.15) is 35.8 Å². The van der Waals surface area contributed by atoms with Crippen LogP contribution in [0.5, 0.6) is 0 Å². The number of nitrogens with one attached hydrogen (secondary N) is 2. The first-order valence-corrected chi connectivity index (χ1v) is 12.7. The smallest absolute Gasteiger partial charge is 0.319 e. The Bertz CT molecular complexity index is 1290. The Morgan fingerprint density at radius 2 is 2.06 bits per heavy atom. The van der Waals surface area contributed by atoms with Crippen LogP contribution >= 0.6 is 15.9 Å². The Morgan fingerprint density at radius 3 is 2.83 bits per heavy atom. The molecule has 1 aromatic heterocycles. The molecule has 178 valence electrons. The van der Waals surface area contributed by atoms with E-state index in [9.17, 15) is 4.79 Å². The molecule has 2 bridgehead atoms. The van der Waals surface area contributed by atoms with Gasteiger partial charge < -0.3 is 10.6 Å². The van der Waals surface area contributed by atoms with E-state index in [1.165, 1.54) is 0 Å². The fourth-order valence-corrected chi connectivity index (χ4v) is 5.81. The number of hydrogen-bond acceptors (Lipinski definition) is 5. The highest BCUT2D eigenvalue weighted by atomic mass is 79.9. The monoisotopic (exact) mass is 530 g/mol. The fraction of sp³-hybridized carbons (Fsp3) is 0.333. The van der Waals surface area contributed by atoms with Crippen molar-refractivity contribution in [3.8, 4) is 17.3 Å². The molecule has 3 aliphatic heterocycles. The van der Waals surface area contributed by atoms with Gasteiger partial charge in [0.25, 0.3) is 0 Å². The first-order chi connectivity index (χ1) is 17.0. The number of carbonyl (C=O) groups is 1. The lowest BCUT2D eigenvalue weighted by atomic mass is 9.74. The summed E-state index contributed by atoms with van der Waals surface area (Å²) in [5.74, 6) is 1.69. The van der Waals surface area contributed by atoms with Crippen LogP contribution in [0.4, 0.5) is 10.5 Å². The van der Waals surface area contributed by atoms with Gasteiger partial charge in [0.1, 0.15) is 5.82 Å². The lowest BCUT2D eigenvalue weighted by Gasteiger charge is -2.49. The van der Waals surface area contributed by atoms with Crippen LogP contribution in [0.15, 0.2) is 59.1 Å². The number of aromatic nitrogens is 2. The Balaban J connectivity index is 1.24. The molecule has 7 nitrogen and oxygen atoms in total. The third-order valence-electron chi connectivity index (χ3n) is 7.01. The molecular formula is C27H27BrN6O. The van der Waals surface area contributed by atoms with Gasteiger partial charge in [-0.3, -0.25) is 4.90 Å². The average molecular weight is 531 g/mol. The Labute approximate surface area is 213 Å². The van der Waals surface area contributed by atoms with Crippen LogP contribution in [-0.2, 0) is 0 Å². The molecule has 0 saturated carbocycles. The molecule has 6 rings (SSSR count). The zero-order chi connectivity index (χ0) is 24.4. The molecule has 0 aliphatic carbocycles. The number of nitrogens with zero attached hydrogens (tertiary/aromatic N) is 4. The summed E-state index contributed by atoms with van der Waals surface area (Å²) in [5.41, 5.74) is 4.28. The Kier molecular flexibility index (Phi) is 6.80. The summed E-state index contributed by atoms with van der Waals surface area (Å²) < 4.78 is 1.03. The summed E-state index contributed by atoms with van der Waals surface area (Å²) in [7, 11) is 0. The van der Waals surface area contributed by atoms with E-state index in [1.807, 2.05) is 25.1 Å². The molecule has 2 N–H and O–H groups in total. The summed E-state index contributed by atoms with van der Waals surface area (Å²) in [5, 5.41) is 14.9. The van der Waals surface area contributed by atoms with Crippen molar-refractivity contribution in [2.75, 3.05) is 25.0 Å². The van der Waals surface area contributed by atoms with Crippen LogP contribution in [-0.4, -0.2) is 46.6 Å². The van der Waals surface area contributed by atoms with Gasteiger partial charge in [0.05, 0.1) is 17.3 Å². The number of hydrogen-bond donors (Lipinski definition) is 2. The number of piperidine rings is 3. The lowest BCUT2D eigenvalue weighted by Crippen LogP contribution is -2.56. The summed E-state index contributed by atoms with van der Waals surface area (Å²) in [4.78, 5) is 24.5. The highest BCUT2D eigenvalue weighted by molar-refractivity contribution is 9.10. The van der Waals surface area contributed by atoms with E-state index < -0.39 is 0 Å². The number of aryl methyl sites for hydroxylation is 1. The molecule has 8 heteroatoms. The molecule has 3 saturated heterocycles. The summed E-state index contributed by atoms with van der Waals surface area (Å²) in [6.07, 6.45) is 2.17. The predicted octanol–water partition coefficient (Wildman–Crippen LogP) is 5.09. The van der Waals surface area contributed by atoms with E-state index in [4.69, 9.17) is 15.2 Å². The average Bonchev–Trinajstić information content (AvgIpc) is 2.88. The second-order valence-electron chi connectivity index (χ2n) is 9.27. The first-order valence-electron chi connectivity index (χ1n) is 11.9. The van der Waals surface area contributed by atoms with Crippen LogP contribution in [0.3, 0.4) is 0 Å². The minimum Gasteiger partial charge on any atom is -0.336 e. The van der Waals surface area contributed by atoms with Gasteiger partial charge in [-0.05, 0) is 62.6 Å². The zero-order valence-electron chi connectivity index (χ0n) is 19.5. The summed E-state index contributed by atoms with van der Waals surface area (Å²) in [6.45, 7) is 4.54. The van der Waals surface area contributed by atoms with Crippen molar-refractivity contribution in [3.05, 3.63) is 76.2 Å². The van der Waals surface area contributed by atoms with Gasteiger partial charge in [-0.2, -0.15) is 5.26 Å². The SMILES string of the molecule is Cc1nc(-c2ccccc2Br)cc(C2CN3CCC2CC3CNC(=O)Nc2cccc(C#N)c2)n1. The van der Waals surface area contributed by atoms with Crippen molar-refractivity contribution in [1.82, 2.24) is 20.2 Å². The molecule has 2 amide bonds. The Morgan fingerprint density at radius 1 is 1.20 bits per heavy atom. The molecule has 4 atom stereocenters. The van der Waals surface area contributed by atoms with E-state index in [2.05, 4.69) is 49.7 Å². The van der Waals surface area contributed by atoms with E-state index in [0.29, 0.717) is 35.7 Å². The second kappa shape index (κ2) is 10.1. The molecule has 3 fully saturated rings. The molecule has 3 aliphatic rings. The second-order valence-corrected chi connectivity index (χ2v) is 10.1. The van der Waals surface area contributed by atoms with Gasteiger partial charge in [-0.1, -0.05) is 40.2 Å². The maximum Gasteiger partial charge on any atom is 0.319 e. The van der Waals surface area contributed by atoms with Gasteiger partial charge in [0.15, 0.2) is 0 Å². The van der Waals surface area contributed by atoms with Crippen LogP contribution in [0.25, 0.3) is 11.3 Å². The quantitative estimate of drug-likeness (QED) is 0.479. The number of nitriles is 1.